The smallest absolute Gasteiger partial charge is 0.260 e. The summed E-state index contributed by atoms with van der Waals surface area (Å²) in [6, 6.07) is 16.3. The molecule has 0 spiro atoms. The number of benzene rings is 3. The first kappa shape index (κ1) is 23.5. The van der Waals surface area contributed by atoms with E-state index in [-0.39, 0.29) is 21.9 Å². The molecule has 0 saturated carbocycles. The van der Waals surface area contributed by atoms with Crippen LogP contribution in [0.4, 0.5) is 10.1 Å². The predicted octanol–water partition coefficient (Wildman–Crippen LogP) is 5.89. The van der Waals surface area contributed by atoms with Gasteiger partial charge in [-0.1, -0.05) is 35.9 Å². The number of rotatable bonds is 5. The lowest BCUT2D eigenvalue weighted by Crippen LogP contribution is -2.43. The molecule has 1 amide bonds. The van der Waals surface area contributed by atoms with Crippen molar-refractivity contribution in [3.8, 4) is 5.75 Å². The number of hydrogen-bond acceptors (Lipinski definition) is 4. The molecule has 7 heteroatoms. The number of amides is 1. The molecule has 0 saturated heterocycles. The van der Waals surface area contributed by atoms with Gasteiger partial charge in [-0.3, -0.25) is 9.59 Å². The third-order valence-corrected chi connectivity index (χ3v) is 5.90. The van der Waals surface area contributed by atoms with Gasteiger partial charge in [-0.2, -0.15) is 0 Å². The SMILES string of the molecule is COc1ccc2c(c1)C(=CC(=O)c1cccc(NC(=O)c3c(F)cccc3Cl)c1)NC(C)(C)C2. The van der Waals surface area contributed by atoms with Crippen LogP contribution in [-0.2, 0) is 6.42 Å². The molecule has 1 aliphatic rings. The number of ketones is 1. The number of carbonyl (C=O) groups excluding carboxylic acids is 2. The van der Waals surface area contributed by atoms with E-state index in [1.165, 1.54) is 18.2 Å². The minimum Gasteiger partial charge on any atom is -0.497 e. The Bertz CT molecular complexity index is 1300. The van der Waals surface area contributed by atoms with E-state index in [1.807, 2.05) is 18.2 Å². The van der Waals surface area contributed by atoms with Crippen molar-refractivity contribution in [3.05, 3.63) is 99.8 Å². The molecule has 0 bridgehead atoms. The highest BCUT2D eigenvalue weighted by molar-refractivity contribution is 6.34. The number of methoxy groups -OCH3 is 1. The Kier molecular flexibility index (Phi) is 6.44. The second kappa shape index (κ2) is 9.31. The van der Waals surface area contributed by atoms with E-state index in [9.17, 15) is 14.0 Å². The van der Waals surface area contributed by atoms with Crippen molar-refractivity contribution >= 4 is 34.7 Å². The average molecular weight is 479 g/mol. The molecule has 174 valence electrons. The van der Waals surface area contributed by atoms with E-state index >= 15 is 0 Å². The summed E-state index contributed by atoms with van der Waals surface area (Å²) < 4.78 is 19.4. The van der Waals surface area contributed by atoms with Gasteiger partial charge in [0.05, 0.1) is 17.7 Å². The lowest BCUT2D eigenvalue weighted by Gasteiger charge is -2.35. The highest BCUT2D eigenvalue weighted by Crippen LogP contribution is 2.32. The van der Waals surface area contributed by atoms with Gasteiger partial charge < -0.3 is 15.4 Å². The molecule has 2 N–H and O–H groups in total. The van der Waals surface area contributed by atoms with Crippen LogP contribution in [0.2, 0.25) is 5.02 Å². The van der Waals surface area contributed by atoms with Gasteiger partial charge in [0.25, 0.3) is 5.91 Å². The number of anilines is 1. The maximum absolute atomic E-state index is 14.1. The molecule has 3 aromatic carbocycles. The van der Waals surface area contributed by atoms with Crippen molar-refractivity contribution in [1.82, 2.24) is 5.32 Å². The summed E-state index contributed by atoms with van der Waals surface area (Å²) in [5.74, 6) is -0.950. The Balaban J connectivity index is 1.62. The van der Waals surface area contributed by atoms with E-state index in [0.29, 0.717) is 22.7 Å². The zero-order chi connectivity index (χ0) is 24.5. The van der Waals surface area contributed by atoms with Crippen molar-refractivity contribution in [3.63, 3.8) is 0 Å². The van der Waals surface area contributed by atoms with Crippen LogP contribution in [-0.4, -0.2) is 24.3 Å². The van der Waals surface area contributed by atoms with Gasteiger partial charge in [0, 0.05) is 34.1 Å². The fraction of sp³-hybridized carbons (Fsp3) is 0.185. The molecular weight excluding hydrogens is 455 g/mol. The number of nitrogens with one attached hydrogen (secondary N) is 2. The van der Waals surface area contributed by atoms with E-state index in [2.05, 4.69) is 24.5 Å². The number of fused-ring (bicyclic) bond motifs is 1. The number of halogens is 2. The zero-order valence-electron chi connectivity index (χ0n) is 19.0. The highest BCUT2D eigenvalue weighted by atomic mass is 35.5. The van der Waals surface area contributed by atoms with Crippen molar-refractivity contribution in [2.45, 2.75) is 25.8 Å². The zero-order valence-corrected chi connectivity index (χ0v) is 19.8. The van der Waals surface area contributed by atoms with Gasteiger partial charge >= 0.3 is 0 Å². The van der Waals surface area contributed by atoms with Crippen molar-refractivity contribution in [2.24, 2.45) is 0 Å². The van der Waals surface area contributed by atoms with Crippen molar-refractivity contribution in [1.29, 1.82) is 0 Å². The van der Waals surface area contributed by atoms with Crippen LogP contribution in [0.25, 0.3) is 5.70 Å². The molecule has 0 aliphatic carbocycles. The average Bonchev–Trinajstić information content (AvgIpc) is 2.78. The first-order valence-electron chi connectivity index (χ1n) is 10.7. The van der Waals surface area contributed by atoms with E-state index < -0.39 is 11.7 Å². The van der Waals surface area contributed by atoms with Crippen LogP contribution < -0.4 is 15.4 Å². The molecule has 0 fully saturated rings. The summed E-state index contributed by atoms with van der Waals surface area (Å²) in [7, 11) is 1.60. The third kappa shape index (κ3) is 4.97. The topological polar surface area (TPSA) is 67.4 Å². The van der Waals surface area contributed by atoms with E-state index in [0.717, 1.165) is 17.5 Å². The van der Waals surface area contributed by atoms with Gasteiger partial charge in [-0.15, -0.1) is 0 Å². The summed E-state index contributed by atoms with van der Waals surface area (Å²) in [4.78, 5) is 25.7. The minimum atomic E-state index is -0.720. The molecule has 34 heavy (non-hydrogen) atoms. The van der Waals surface area contributed by atoms with Crippen molar-refractivity contribution in [2.75, 3.05) is 12.4 Å². The Morgan fingerprint density at radius 2 is 1.88 bits per heavy atom. The molecule has 0 aromatic heterocycles. The predicted molar refractivity (Wildman–Crippen MR) is 132 cm³/mol. The maximum Gasteiger partial charge on any atom is 0.260 e. The molecule has 4 rings (SSSR count). The summed E-state index contributed by atoms with van der Waals surface area (Å²) in [5, 5.41) is 6.06. The summed E-state index contributed by atoms with van der Waals surface area (Å²) >= 11 is 5.99. The molecule has 5 nitrogen and oxygen atoms in total. The van der Waals surface area contributed by atoms with Gasteiger partial charge in [0.2, 0.25) is 0 Å². The number of allylic oxidation sites excluding steroid dienone is 1. The number of hydrogen-bond donors (Lipinski definition) is 2. The van der Waals surface area contributed by atoms with E-state index in [4.69, 9.17) is 16.3 Å². The van der Waals surface area contributed by atoms with Gasteiger partial charge in [-0.25, -0.2) is 4.39 Å². The molecule has 1 aliphatic heterocycles. The first-order valence-corrected chi connectivity index (χ1v) is 11.1. The van der Waals surface area contributed by atoms with Crippen LogP contribution in [0, 0.1) is 5.82 Å². The first-order chi connectivity index (χ1) is 16.2. The number of carbonyl (C=O) groups is 2. The monoisotopic (exact) mass is 478 g/mol. The lowest BCUT2D eigenvalue weighted by atomic mass is 9.85. The van der Waals surface area contributed by atoms with Crippen LogP contribution in [0.5, 0.6) is 5.75 Å². The second-order valence-electron chi connectivity index (χ2n) is 8.76. The Morgan fingerprint density at radius 3 is 2.62 bits per heavy atom. The van der Waals surface area contributed by atoms with E-state index in [1.54, 1.807) is 37.5 Å². The highest BCUT2D eigenvalue weighted by Gasteiger charge is 2.28. The molecule has 0 radical (unpaired) electrons. The fourth-order valence-electron chi connectivity index (χ4n) is 4.03. The number of ether oxygens (including phenoxy) is 1. The van der Waals surface area contributed by atoms with Gasteiger partial charge in [-0.05, 0) is 62.2 Å². The summed E-state index contributed by atoms with van der Waals surface area (Å²) in [5.41, 5.74) is 2.97. The van der Waals surface area contributed by atoms with Gasteiger partial charge in [0.15, 0.2) is 5.78 Å². The van der Waals surface area contributed by atoms with Crippen LogP contribution in [0.3, 0.4) is 0 Å². The minimum absolute atomic E-state index is 0.00884. The second-order valence-corrected chi connectivity index (χ2v) is 9.17. The molecule has 0 unspecified atom stereocenters. The lowest BCUT2D eigenvalue weighted by molar-refractivity contribution is 0.101. The maximum atomic E-state index is 14.1. The molecule has 3 aromatic rings. The standard InChI is InChI=1S/C27H24ClFN2O3/c1-27(2)15-17-10-11-19(34-3)13-20(17)23(31-27)14-24(32)16-6-4-7-18(12-16)30-26(33)25-21(28)8-5-9-22(25)29/h4-14,31H,15H2,1-3H3,(H,30,33). The van der Waals surface area contributed by atoms with Crippen LogP contribution in [0.1, 0.15) is 45.7 Å². The Labute approximate surface area is 202 Å². The molecule has 1 heterocycles. The quantitative estimate of drug-likeness (QED) is 0.354. The fourth-order valence-corrected chi connectivity index (χ4v) is 4.28. The Hall–Kier alpha value is -3.64. The normalized spacial score (nSPS) is 15.3. The largest absolute Gasteiger partial charge is 0.497 e. The van der Waals surface area contributed by atoms with Crippen molar-refractivity contribution < 1.29 is 18.7 Å². The summed E-state index contributed by atoms with van der Waals surface area (Å²) in [6.07, 6.45) is 2.35. The van der Waals surface area contributed by atoms with Crippen LogP contribution in [0.15, 0.2) is 66.7 Å². The van der Waals surface area contributed by atoms with Gasteiger partial charge in [0.1, 0.15) is 11.6 Å². The molecular formula is C27H24ClFN2O3. The molecule has 0 atom stereocenters. The summed E-state index contributed by atoms with van der Waals surface area (Å²) in [6.45, 7) is 4.14. The third-order valence-electron chi connectivity index (χ3n) is 5.58. The van der Waals surface area contributed by atoms with Crippen LogP contribution >= 0.6 is 11.6 Å². The Morgan fingerprint density at radius 1 is 1.12 bits per heavy atom.